The van der Waals surface area contributed by atoms with Crippen molar-refractivity contribution in [3.63, 3.8) is 0 Å². The van der Waals surface area contributed by atoms with Crippen molar-refractivity contribution in [3.05, 3.63) is 42.1 Å². The molecule has 0 bridgehead atoms. The minimum Gasteiger partial charge on any atom is -0.400 e. The van der Waals surface area contributed by atoms with Crippen molar-refractivity contribution in [1.82, 2.24) is 19.7 Å². The fraction of sp³-hybridized carbons (Fsp3) is 0.368. The Morgan fingerprint density at radius 3 is 2.50 bits per heavy atom. The Hall–Kier alpha value is -3.05. The van der Waals surface area contributed by atoms with Gasteiger partial charge in [0, 0.05) is 24.7 Å². The summed E-state index contributed by atoms with van der Waals surface area (Å²) in [7, 11) is -2.00. The van der Waals surface area contributed by atoms with Crippen molar-refractivity contribution in [3.8, 4) is 11.7 Å². The molecule has 1 saturated carbocycles. The molecule has 4 rings (SSSR count). The van der Waals surface area contributed by atoms with E-state index in [1.807, 2.05) is 0 Å². The minimum atomic E-state index is -3.62. The summed E-state index contributed by atoms with van der Waals surface area (Å²) in [4.78, 5) is 12.6. The van der Waals surface area contributed by atoms with Gasteiger partial charge in [-0.3, -0.25) is 10.1 Å². The largest absolute Gasteiger partial charge is 0.400 e. The van der Waals surface area contributed by atoms with Crippen LogP contribution in [0.5, 0.6) is 0 Å². The second-order valence-corrected chi connectivity index (χ2v) is 9.08. The molecule has 30 heavy (non-hydrogen) atoms. The molecule has 0 radical (unpaired) electrons. The molecular weight excluding hydrogens is 410 g/mol. The third kappa shape index (κ3) is 4.12. The number of nitrogens with one attached hydrogen (secondary N) is 1. The van der Waals surface area contributed by atoms with Gasteiger partial charge in [-0.1, -0.05) is 29.5 Å². The van der Waals surface area contributed by atoms with Gasteiger partial charge in [-0.2, -0.15) is 4.31 Å². The predicted molar refractivity (Wildman–Crippen MR) is 106 cm³/mol. The van der Waals surface area contributed by atoms with Gasteiger partial charge in [0.15, 0.2) is 0 Å². The van der Waals surface area contributed by atoms with E-state index in [0.29, 0.717) is 0 Å². The topological polar surface area (TPSA) is 131 Å². The quantitative estimate of drug-likeness (QED) is 0.630. The van der Waals surface area contributed by atoms with Crippen LogP contribution in [0.2, 0.25) is 0 Å². The van der Waals surface area contributed by atoms with Gasteiger partial charge in [0.1, 0.15) is 0 Å². The van der Waals surface area contributed by atoms with E-state index in [0.717, 1.165) is 32.1 Å². The third-order valence-corrected chi connectivity index (χ3v) is 7.10. The molecule has 0 saturated heterocycles. The van der Waals surface area contributed by atoms with Gasteiger partial charge in [-0.05, 0) is 37.1 Å². The van der Waals surface area contributed by atoms with Crippen LogP contribution in [0.15, 0.2) is 50.4 Å². The first-order valence-electron chi connectivity index (χ1n) is 9.59. The predicted octanol–water partition coefficient (Wildman–Crippen LogP) is 2.93. The molecule has 2 heterocycles. The van der Waals surface area contributed by atoms with Gasteiger partial charge in [0.05, 0.1) is 11.1 Å². The molecule has 0 spiro atoms. The van der Waals surface area contributed by atoms with Crippen molar-refractivity contribution in [2.24, 2.45) is 0 Å². The van der Waals surface area contributed by atoms with Crippen LogP contribution in [0.1, 0.15) is 42.5 Å². The number of rotatable bonds is 6. The van der Waals surface area contributed by atoms with Crippen molar-refractivity contribution >= 4 is 21.9 Å². The molecule has 11 heteroatoms. The van der Waals surface area contributed by atoms with E-state index in [2.05, 4.69) is 20.7 Å². The van der Waals surface area contributed by atoms with Crippen molar-refractivity contribution in [2.45, 2.75) is 43.0 Å². The van der Waals surface area contributed by atoms with E-state index < -0.39 is 15.9 Å². The van der Waals surface area contributed by atoms with Crippen LogP contribution in [0.3, 0.4) is 0 Å². The maximum atomic E-state index is 12.9. The lowest BCUT2D eigenvalue weighted by Gasteiger charge is -2.30. The summed E-state index contributed by atoms with van der Waals surface area (Å²) in [5.74, 6) is -0.151. The first kappa shape index (κ1) is 20.2. The standard InChI is InChI=1S/C19H21N5O5S/c1-24(14-5-3-2-4-6-14)30(26,27)15-9-7-13(8-10-15)17(25)21-19-23-22-18(28-19)16-11-12-20-29-16/h7-12,14H,2-6H2,1H3,(H,21,23,25). The smallest absolute Gasteiger partial charge is 0.322 e. The number of aromatic nitrogens is 3. The lowest BCUT2D eigenvalue weighted by atomic mass is 9.96. The summed E-state index contributed by atoms with van der Waals surface area (Å²) >= 11 is 0. The number of benzene rings is 1. The summed E-state index contributed by atoms with van der Waals surface area (Å²) in [6.07, 6.45) is 6.40. The van der Waals surface area contributed by atoms with Crippen LogP contribution in [0.25, 0.3) is 11.7 Å². The van der Waals surface area contributed by atoms with E-state index in [1.54, 1.807) is 13.1 Å². The Morgan fingerprint density at radius 2 is 1.83 bits per heavy atom. The lowest BCUT2D eigenvalue weighted by molar-refractivity contribution is 0.102. The Morgan fingerprint density at radius 1 is 1.10 bits per heavy atom. The Kier molecular flexibility index (Phi) is 5.64. The van der Waals surface area contributed by atoms with Gasteiger partial charge in [0.2, 0.25) is 15.8 Å². The maximum absolute atomic E-state index is 12.9. The minimum absolute atomic E-state index is 0.0165. The lowest BCUT2D eigenvalue weighted by Crippen LogP contribution is -2.38. The summed E-state index contributed by atoms with van der Waals surface area (Å²) in [5, 5.41) is 13.5. The van der Waals surface area contributed by atoms with Crippen LogP contribution in [0.4, 0.5) is 6.01 Å². The molecule has 10 nitrogen and oxygen atoms in total. The van der Waals surface area contributed by atoms with Crippen LogP contribution >= 0.6 is 0 Å². The second kappa shape index (κ2) is 8.36. The molecule has 3 aromatic rings. The first-order valence-corrected chi connectivity index (χ1v) is 11.0. The van der Waals surface area contributed by atoms with Crippen LogP contribution in [0, 0.1) is 0 Å². The Balaban J connectivity index is 1.44. The molecule has 0 atom stereocenters. The highest BCUT2D eigenvalue weighted by Crippen LogP contribution is 2.26. The average Bonchev–Trinajstić information content (AvgIpc) is 3.46. The first-order chi connectivity index (χ1) is 14.4. The van der Waals surface area contributed by atoms with E-state index >= 15 is 0 Å². The van der Waals surface area contributed by atoms with Gasteiger partial charge < -0.3 is 8.94 Å². The van der Waals surface area contributed by atoms with Gasteiger partial charge in [-0.15, -0.1) is 5.10 Å². The van der Waals surface area contributed by atoms with Gasteiger partial charge >= 0.3 is 6.01 Å². The number of carbonyl (C=O) groups excluding carboxylic acids is 1. The number of sulfonamides is 1. The molecule has 1 fully saturated rings. The number of amides is 1. The molecular formula is C19H21N5O5S. The average molecular weight is 431 g/mol. The summed E-state index contributed by atoms with van der Waals surface area (Å²) in [6.45, 7) is 0. The maximum Gasteiger partial charge on any atom is 0.322 e. The molecule has 0 aliphatic heterocycles. The molecule has 1 N–H and O–H groups in total. The normalized spacial score (nSPS) is 15.4. The highest BCUT2D eigenvalue weighted by molar-refractivity contribution is 7.89. The third-order valence-electron chi connectivity index (χ3n) is 5.18. The molecule has 158 valence electrons. The molecule has 0 unspecified atom stereocenters. The zero-order valence-electron chi connectivity index (χ0n) is 16.3. The highest BCUT2D eigenvalue weighted by Gasteiger charge is 2.29. The zero-order chi connectivity index (χ0) is 21.1. The highest BCUT2D eigenvalue weighted by atomic mass is 32.2. The summed E-state index contributed by atoms with van der Waals surface area (Å²) < 4.78 is 37.5. The van der Waals surface area contributed by atoms with Gasteiger partial charge in [-0.25, -0.2) is 8.42 Å². The van der Waals surface area contributed by atoms with E-state index in [1.165, 1.54) is 34.8 Å². The van der Waals surface area contributed by atoms with Gasteiger partial charge in [0.25, 0.3) is 11.8 Å². The van der Waals surface area contributed by atoms with Crippen molar-refractivity contribution in [1.29, 1.82) is 0 Å². The van der Waals surface area contributed by atoms with E-state index in [-0.39, 0.29) is 34.2 Å². The Bertz CT molecular complexity index is 1100. The van der Waals surface area contributed by atoms with Crippen LogP contribution < -0.4 is 5.32 Å². The molecule has 1 aliphatic rings. The monoisotopic (exact) mass is 431 g/mol. The number of hydrogen-bond acceptors (Lipinski definition) is 8. The fourth-order valence-electron chi connectivity index (χ4n) is 3.45. The second-order valence-electron chi connectivity index (χ2n) is 7.08. The Labute approximate surface area is 173 Å². The molecule has 1 aromatic carbocycles. The number of carbonyl (C=O) groups is 1. The number of anilines is 1. The molecule has 1 amide bonds. The molecule has 1 aliphatic carbocycles. The van der Waals surface area contributed by atoms with E-state index in [9.17, 15) is 13.2 Å². The number of hydrogen-bond donors (Lipinski definition) is 1. The number of nitrogens with zero attached hydrogens (tertiary/aromatic N) is 4. The van der Waals surface area contributed by atoms with Crippen molar-refractivity contribution in [2.75, 3.05) is 12.4 Å². The van der Waals surface area contributed by atoms with Crippen LogP contribution in [-0.4, -0.2) is 47.1 Å². The fourth-order valence-corrected chi connectivity index (χ4v) is 4.87. The van der Waals surface area contributed by atoms with E-state index in [4.69, 9.17) is 8.94 Å². The summed E-state index contributed by atoms with van der Waals surface area (Å²) in [5.41, 5.74) is 0.258. The van der Waals surface area contributed by atoms with Crippen molar-refractivity contribution < 1.29 is 22.2 Å². The molecule has 2 aromatic heterocycles. The summed E-state index contributed by atoms with van der Waals surface area (Å²) in [6, 6.07) is 7.20. The zero-order valence-corrected chi connectivity index (χ0v) is 17.1. The van der Waals surface area contributed by atoms with Crippen LogP contribution in [-0.2, 0) is 10.0 Å². The SMILES string of the molecule is CN(C1CCCCC1)S(=O)(=O)c1ccc(C(=O)Nc2nnc(-c3ccno3)o2)cc1.